The molecule has 3 rings (SSSR count). The van der Waals surface area contributed by atoms with Gasteiger partial charge in [0.2, 0.25) is 0 Å². The molecule has 0 unspecified atom stereocenters. The predicted molar refractivity (Wildman–Crippen MR) is 71.9 cm³/mol. The molecule has 0 bridgehead atoms. The number of fused-ring (bicyclic) bond motifs is 1. The van der Waals surface area contributed by atoms with Gasteiger partial charge in [0.15, 0.2) is 0 Å². The van der Waals surface area contributed by atoms with Crippen LogP contribution in [-0.2, 0) is 13.0 Å². The zero-order valence-corrected chi connectivity index (χ0v) is 10.5. The number of hydrogen-bond donors (Lipinski definition) is 1. The number of allylic oxidation sites excluding steroid dienone is 2. The first-order valence-corrected chi connectivity index (χ1v) is 6.49. The van der Waals surface area contributed by atoms with Crippen LogP contribution in [-0.4, -0.2) is 28.0 Å². The van der Waals surface area contributed by atoms with Crippen LogP contribution in [0.2, 0.25) is 0 Å². The summed E-state index contributed by atoms with van der Waals surface area (Å²) in [6.07, 6.45) is 11.7. The van der Waals surface area contributed by atoms with Crippen LogP contribution in [0.1, 0.15) is 24.1 Å². The van der Waals surface area contributed by atoms with Crippen LogP contribution in [0, 0.1) is 0 Å². The zero-order chi connectivity index (χ0) is 12.4. The zero-order valence-electron chi connectivity index (χ0n) is 10.5. The molecule has 1 aliphatic heterocycles. The largest absolute Gasteiger partial charge is 0.383 e. The fourth-order valence-electron chi connectivity index (χ4n) is 2.61. The number of rotatable bonds is 2. The molecule has 2 aliphatic rings. The molecule has 0 amide bonds. The van der Waals surface area contributed by atoms with Crippen LogP contribution in [0.4, 0.5) is 5.82 Å². The molecular weight excluding hydrogens is 224 g/mol. The van der Waals surface area contributed by atoms with Crippen LogP contribution >= 0.6 is 0 Å². The van der Waals surface area contributed by atoms with Crippen molar-refractivity contribution < 1.29 is 0 Å². The number of nitrogens with two attached hydrogens (primary N) is 1. The van der Waals surface area contributed by atoms with E-state index in [1.807, 2.05) is 0 Å². The molecule has 0 fully saturated rings. The minimum absolute atomic E-state index is 0.649. The normalized spacial score (nSPS) is 19.4. The molecule has 2 N–H and O–H groups in total. The Kier molecular flexibility index (Phi) is 3.11. The third kappa shape index (κ3) is 2.29. The van der Waals surface area contributed by atoms with Crippen LogP contribution in [0.15, 0.2) is 30.1 Å². The van der Waals surface area contributed by atoms with E-state index < -0.39 is 0 Å². The molecule has 0 spiro atoms. The van der Waals surface area contributed by atoms with Crippen molar-refractivity contribution in [3.63, 3.8) is 0 Å². The van der Waals surface area contributed by atoms with E-state index in [0.717, 1.165) is 37.3 Å². The van der Waals surface area contributed by atoms with Crippen molar-refractivity contribution in [2.45, 2.75) is 25.8 Å². The van der Waals surface area contributed by atoms with Gasteiger partial charge >= 0.3 is 0 Å². The summed E-state index contributed by atoms with van der Waals surface area (Å²) < 4.78 is 0. The minimum atomic E-state index is 0.649. The average molecular weight is 242 g/mol. The highest BCUT2D eigenvalue weighted by Crippen LogP contribution is 2.21. The second-order valence-electron chi connectivity index (χ2n) is 4.90. The monoisotopic (exact) mass is 242 g/mol. The number of aromatic nitrogens is 2. The first-order valence-electron chi connectivity index (χ1n) is 6.49. The van der Waals surface area contributed by atoms with Crippen LogP contribution in [0.25, 0.3) is 0 Å². The highest BCUT2D eigenvalue weighted by molar-refractivity contribution is 5.42. The van der Waals surface area contributed by atoms with Crippen LogP contribution in [0.5, 0.6) is 0 Å². The van der Waals surface area contributed by atoms with Gasteiger partial charge in [-0.2, -0.15) is 0 Å². The van der Waals surface area contributed by atoms with Crippen molar-refractivity contribution in [2.75, 3.05) is 18.8 Å². The predicted octanol–water partition coefficient (Wildman–Crippen LogP) is 1.69. The van der Waals surface area contributed by atoms with Crippen molar-refractivity contribution >= 4 is 5.82 Å². The molecule has 0 radical (unpaired) electrons. The second-order valence-corrected chi connectivity index (χ2v) is 4.90. The molecule has 0 saturated carbocycles. The maximum atomic E-state index is 5.88. The van der Waals surface area contributed by atoms with E-state index in [4.69, 9.17) is 5.73 Å². The Morgan fingerprint density at radius 2 is 2.22 bits per heavy atom. The molecule has 4 nitrogen and oxygen atoms in total. The molecule has 2 heterocycles. The molecule has 1 aliphatic carbocycles. The number of hydrogen-bond acceptors (Lipinski definition) is 4. The molecule has 0 atom stereocenters. The van der Waals surface area contributed by atoms with Crippen molar-refractivity contribution in [1.82, 2.24) is 14.9 Å². The van der Waals surface area contributed by atoms with Gasteiger partial charge in [-0.15, -0.1) is 0 Å². The summed E-state index contributed by atoms with van der Waals surface area (Å²) in [4.78, 5) is 10.8. The summed E-state index contributed by atoms with van der Waals surface area (Å²) in [5.74, 6) is 0.649. The van der Waals surface area contributed by atoms with Gasteiger partial charge in [-0.05, 0) is 24.8 Å². The van der Waals surface area contributed by atoms with Gasteiger partial charge in [0, 0.05) is 25.2 Å². The summed E-state index contributed by atoms with van der Waals surface area (Å²) in [5.41, 5.74) is 9.53. The van der Waals surface area contributed by atoms with Crippen molar-refractivity contribution in [3.05, 3.63) is 41.4 Å². The molecule has 4 heteroatoms. The van der Waals surface area contributed by atoms with Crippen LogP contribution in [0.3, 0.4) is 0 Å². The number of nitrogens with zero attached hydrogens (tertiary/aromatic N) is 3. The molecule has 1 aromatic rings. The topological polar surface area (TPSA) is 55.0 Å². The van der Waals surface area contributed by atoms with Crippen molar-refractivity contribution in [1.29, 1.82) is 0 Å². The fourth-order valence-corrected chi connectivity index (χ4v) is 2.61. The maximum absolute atomic E-state index is 5.88. The first kappa shape index (κ1) is 11.4. The molecular formula is C14H18N4. The Bertz CT molecular complexity index is 505. The van der Waals surface area contributed by atoms with E-state index in [1.165, 1.54) is 18.4 Å². The fraction of sp³-hybridized carbons (Fsp3) is 0.429. The van der Waals surface area contributed by atoms with Gasteiger partial charge in [0.25, 0.3) is 0 Å². The van der Waals surface area contributed by atoms with E-state index in [0.29, 0.717) is 5.82 Å². The van der Waals surface area contributed by atoms with Gasteiger partial charge in [-0.1, -0.05) is 18.2 Å². The lowest BCUT2D eigenvalue weighted by atomic mass is 10.0. The molecule has 1 aromatic heterocycles. The minimum Gasteiger partial charge on any atom is -0.383 e. The summed E-state index contributed by atoms with van der Waals surface area (Å²) in [6, 6.07) is 0. The lowest BCUT2D eigenvalue weighted by Crippen LogP contribution is -2.33. The first-order chi connectivity index (χ1) is 8.83. The summed E-state index contributed by atoms with van der Waals surface area (Å²) >= 11 is 0. The van der Waals surface area contributed by atoms with E-state index in [1.54, 1.807) is 6.33 Å². The maximum Gasteiger partial charge on any atom is 0.130 e. The Morgan fingerprint density at radius 3 is 3.06 bits per heavy atom. The molecule has 0 aromatic carbocycles. The third-order valence-electron chi connectivity index (χ3n) is 3.60. The second kappa shape index (κ2) is 4.90. The molecule has 18 heavy (non-hydrogen) atoms. The lowest BCUT2D eigenvalue weighted by Gasteiger charge is -2.28. The third-order valence-corrected chi connectivity index (χ3v) is 3.60. The Hall–Kier alpha value is -1.68. The molecule has 0 saturated heterocycles. The van der Waals surface area contributed by atoms with Gasteiger partial charge in [0.05, 0.1) is 5.69 Å². The van der Waals surface area contributed by atoms with Crippen LogP contribution < -0.4 is 5.73 Å². The SMILES string of the molecule is Nc1ncnc2c1CCN(CC1=CCCC=C1)C2. The Balaban J connectivity index is 1.71. The van der Waals surface area contributed by atoms with E-state index in [2.05, 4.69) is 33.1 Å². The number of anilines is 1. The molecule has 94 valence electrons. The van der Waals surface area contributed by atoms with Crippen molar-refractivity contribution in [3.8, 4) is 0 Å². The summed E-state index contributed by atoms with van der Waals surface area (Å²) in [6.45, 7) is 2.93. The Morgan fingerprint density at radius 1 is 1.28 bits per heavy atom. The van der Waals surface area contributed by atoms with E-state index >= 15 is 0 Å². The Labute approximate surface area is 107 Å². The van der Waals surface area contributed by atoms with E-state index in [-0.39, 0.29) is 0 Å². The highest BCUT2D eigenvalue weighted by atomic mass is 15.1. The van der Waals surface area contributed by atoms with Gasteiger partial charge < -0.3 is 5.73 Å². The standard InChI is InChI=1S/C14H18N4/c15-14-12-6-7-18(9-13(12)16-10-17-14)8-11-4-2-1-3-5-11/h2,4-5,10H,1,3,6-9H2,(H2,15,16,17). The van der Waals surface area contributed by atoms with Gasteiger partial charge in [-0.3, -0.25) is 4.90 Å². The quantitative estimate of drug-likeness (QED) is 0.857. The summed E-state index contributed by atoms with van der Waals surface area (Å²) in [5, 5.41) is 0. The van der Waals surface area contributed by atoms with E-state index in [9.17, 15) is 0 Å². The average Bonchev–Trinajstić information content (AvgIpc) is 2.40. The van der Waals surface area contributed by atoms with Crippen molar-refractivity contribution in [2.24, 2.45) is 0 Å². The highest BCUT2D eigenvalue weighted by Gasteiger charge is 2.20. The lowest BCUT2D eigenvalue weighted by molar-refractivity contribution is 0.272. The summed E-state index contributed by atoms with van der Waals surface area (Å²) in [7, 11) is 0. The number of nitrogen functional groups attached to an aromatic ring is 1. The smallest absolute Gasteiger partial charge is 0.130 e. The van der Waals surface area contributed by atoms with Gasteiger partial charge in [-0.25, -0.2) is 9.97 Å². The van der Waals surface area contributed by atoms with Gasteiger partial charge in [0.1, 0.15) is 12.1 Å².